The van der Waals surface area contributed by atoms with Crippen LogP contribution in [0, 0.1) is 11.3 Å². The van der Waals surface area contributed by atoms with Gasteiger partial charge in [-0.2, -0.15) is 5.26 Å². The van der Waals surface area contributed by atoms with Gasteiger partial charge in [-0.25, -0.2) is 0 Å². The van der Waals surface area contributed by atoms with Crippen LogP contribution in [0.5, 0.6) is 0 Å². The number of furan rings is 1. The van der Waals surface area contributed by atoms with E-state index < -0.39 is 0 Å². The van der Waals surface area contributed by atoms with E-state index in [0.717, 1.165) is 24.2 Å². The molecule has 0 unspecified atom stereocenters. The van der Waals surface area contributed by atoms with Gasteiger partial charge in [0, 0.05) is 12.0 Å². The van der Waals surface area contributed by atoms with Crippen molar-refractivity contribution in [2.45, 2.75) is 12.8 Å². The molecule has 1 heterocycles. The van der Waals surface area contributed by atoms with Crippen LogP contribution in [-0.4, -0.2) is 0 Å². The summed E-state index contributed by atoms with van der Waals surface area (Å²) >= 11 is 0. The maximum Gasteiger partial charge on any atom is 0.152 e. The summed E-state index contributed by atoms with van der Waals surface area (Å²) in [5.41, 5.74) is 1.53. The van der Waals surface area contributed by atoms with E-state index in [1.807, 2.05) is 42.5 Å². The Morgan fingerprint density at radius 2 is 2.06 bits per heavy atom. The van der Waals surface area contributed by atoms with Crippen molar-refractivity contribution >= 4 is 0 Å². The Morgan fingerprint density at radius 1 is 1.29 bits per heavy atom. The van der Waals surface area contributed by atoms with E-state index in [0.29, 0.717) is 11.3 Å². The number of hydrogen-bond donors (Lipinski definition) is 0. The lowest BCUT2D eigenvalue weighted by Gasteiger charge is -1.96. The summed E-state index contributed by atoms with van der Waals surface area (Å²) in [5, 5.41) is 9.09. The summed E-state index contributed by atoms with van der Waals surface area (Å²) < 4.78 is 5.72. The molecule has 0 radical (unpaired) electrons. The minimum Gasteiger partial charge on any atom is -0.460 e. The van der Waals surface area contributed by atoms with Gasteiger partial charge in [0.2, 0.25) is 0 Å². The molecule has 2 nitrogen and oxygen atoms in total. The van der Waals surface area contributed by atoms with Crippen molar-refractivity contribution in [1.29, 1.82) is 5.26 Å². The van der Waals surface area contributed by atoms with Crippen LogP contribution >= 0.6 is 0 Å². The SMILES string of the molecule is C=CCCc1cc(C#N)c(-c2ccccc2)o1. The maximum absolute atomic E-state index is 9.09. The highest BCUT2D eigenvalue weighted by molar-refractivity contribution is 5.65. The number of allylic oxidation sites excluding steroid dienone is 1. The van der Waals surface area contributed by atoms with Crippen LogP contribution in [0.25, 0.3) is 11.3 Å². The van der Waals surface area contributed by atoms with Crippen LogP contribution < -0.4 is 0 Å². The summed E-state index contributed by atoms with van der Waals surface area (Å²) in [6.07, 6.45) is 3.48. The van der Waals surface area contributed by atoms with E-state index >= 15 is 0 Å². The molecule has 2 rings (SSSR count). The molecule has 0 amide bonds. The molecule has 2 aromatic rings. The number of aryl methyl sites for hydroxylation is 1. The normalized spacial score (nSPS) is 9.82. The van der Waals surface area contributed by atoms with Crippen LogP contribution in [0.15, 0.2) is 53.5 Å². The van der Waals surface area contributed by atoms with Crippen LogP contribution in [0.1, 0.15) is 17.7 Å². The minimum atomic E-state index is 0.593. The van der Waals surface area contributed by atoms with Crippen LogP contribution in [0.2, 0.25) is 0 Å². The Hall–Kier alpha value is -2.27. The van der Waals surface area contributed by atoms with Gasteiger partial charge in [-0.05, 0) is 12.5 Å². The van der Waals surface area contributed by atoms with Crippen LogP contribution in [0.4, 0.5) is 0 Å². The Bertz CT molecular complexity index is 546. The molecule has 0 atom stereocenters. The van der Waals surface area contributed by atoms with Crippen LogP contribution in [0.3, 0.4) is 0 Å². The zero-order chi connectivity index (χ0) is 12.1. The molecule has 17 heavy (non-hydrogen) atoms. The topological polar surface area (TPSA) is 36.9 Å². The zero-order valence-corrected chi connectivity index (χ0v) is 9.52. The van der Waals surface area contributed by atoms with Crippen molar-refractivity contribution in [2.24, 2.45) is 0 Å². The monoisotopic (exact) mass is 223 g/mol. The fraction of sp³-hybridized carbons (Fsp3) is 0.133. The lowest BCUT2D eigenvalue weighted by atomic mass is 10.1. The summed E-state index contributed by atoms with van der Waals surface area (Å²) in [6.45, 7) is 3.68. The molecule has 0 aliphatic heterocycles. The molecule has 84 valence electrons. The first-order valence-corrected chi connectivity index (χ1v) is 5.54. The first kappa shape index (κ1) is 11.2. The third-order valence-electron chi connectivity index (χ3n) is 2.53. The summed E-state index contributed by atoms with van der Waals surface area (Å²) in [5.74, 6) is 1.49. The van der Waals surface area contributed by atoms with Gasteiger partial charge >= 0.3 is 0 Å². The Labute approximate surface area is 101 Å². The molecular formula is C15H13NO. The number of benzene rings is 1. The number of rotatable bonds is 4. The second-order valence-electron chi connectivity index (χ2n) is 3.76. The van der Waals surface area contributed by atoms with E-state index in [2.05, 4.69) is 12.6 Å². The molecule has 1 aromatic carbocycles. The fourth-order valence-electron chi connectivity index (χ4n) is 1.70. The third kappa shape index (κ3) is 2.46. The second-order valence-corrected chi connectivity index (χ2v) is 3.76. The van der Waals surface area contributed by atoms with Gasteiger partial charge in [0.05, 0.1) is 5.56 Å². The number of nitriles is 1. The molecule has 0 N–H and O–H groups in total. The van der Waals surface area contributed by atoms with Gasteiger partial charge in [0.25, 0.3) is 0 Å². The van der Waals surface area contributed by atoms with E-state index in [9.17, 15) is 0 Å². The molecule has 0 bridgehead atoms. The van der Waals surface area contributed by atoms with Crippen molar-refractivity contribution in [3.8, 4) is 17.4 Å². The summed E-state index contributed by atoms with van der Waals surface area (Å²) in [4.78, 5) is 0. The lowest BCUT2D eigenvalue weighted by molar-refractivity contribution is 0.522. The average Bonchev–Trinajstić information content (AvgIpc) is 2.80. The summed E-state index contributed by atoms with van der Waals surface area (Å²) in [7, 11) is 0. The quantitative estimate of drug-likeness (QED) is 0.736. The molecule has 0 saturated carbocycles. The average molecular weight is 223 g/mol. The maximum atomic E-state index is 9.09. The predicted octanol–water partition coefficient (Wildman–Crippen LogP) is 3.94. The van der Waals surface area contributed by atoms with Gasteiger partial charge in [-0.1, -0.05) is 36.4 Å². The highest BCUT2D eigenvalue weighted by Crippen LogP contribution is 2.27. The van der Waals surface area contributed by atoms with Crippen molar-refractivity contribution in [3.63, 3.8) is 0 Å². The van der Waals surface area contributed by atoms with Crippen molar-refractivity contribution in [1.82, 2.24) is 0 Å². The first-order chi connectivity index (χ1) is 8.35. The fourth-order valence-corrected chi connectivity index (χ4v) is 1.70. The van der Waals surface area contributed by atoms with Crippen LogP contribution in [-0.2, 0) is 6.42 Å². The number of nitrogens with zero attached hydrogens (tertiary/aromatic N) is 1. The van der Waals surface area contributed by atoms with Crippen molar-refractivity contribution < 1.29 is 4.42 Å². The smallest absolute Gasteiger partial charge is 0.152 e. The van der Waals surface area contributed by atoms with Gasteiger partial charge in [0.1, 0.15) is 11.8 Å². The largest absolute Gasteiger partial charge is 0.460 e. The molecule has 0 aliphatic rings. The standard InChI is InChI=1S/C15H13NO/c1-2-3-9-14-10-13(11-16)15(17-14)12-7-5-4-6-8-12/h2,4-8,10H,1,3,9H2. The summed E-state index contributed by atoms with van der Waals surface area (Å²) in [6, 6.07) is 13.7. The second kappa shape index (κ2) is 5.18. The first-order valence-electron chi connectivity index (χ1n) is 5.54. The van der Waals surface area contributed by atoms with Gasteiger partial charge in [0.15, 0.2) is 5.76 Å². The zero-order valence-electron chi connectivity index (χ0n) is 9.52. The molecule has 2 heteroatoms. The van der Waals surface area contributed by atoms with Crippen molar-refractivity contribution in [3.05, 3.63) is 60.4 Å². The molecule has 0 spiro atoms. The minimum absolute atomic E-state index is 0.593. The van der Waals surface area contributed by atoms with E-state index in [1.165, 1.54) is 0 Å². The predicted molar refractivity (Wildman–Crippen MR) is 67.4 cm³/mol. The molecule has 0 saturated heterocycles. The van der Waals surface area contributed by atoms with Crippen molar-refractivity contribution in [2.75, 3.05) is 0 Å². The van der Waals surface area contributed by atoms with E-state index in [4.69, 9.17) is 9.68 Å². The molecule has 0 aliphatic carbocycles. The molecule has 1 aromatic heterocycles. The van der Waals surface area contributed by atoms with Gasteiger partial charge in [-0.3, -0.25) is 0 Å². The highest BCUT2D eigenvalue weighted by atomic mass is 16.3. The Kier molecular flexibility index (Phi) is 3.42. The Balaban J connectivity index is 2.37. The van der Waals surface area contributed by atoms with Gasteiger partial charge < -0.3 is 4.42 Å². The molecule has 0 fully saturated rings. The number of hydrogen-bond acceptors (Lipinski definition) is 2. The van der Waals surface area contributed by atoms with E-state index in [1.54, 1.807) is 0 Å². The highest BCUT2D eigenvalue weighted by Gasteiger charge is 2.11. The van der Waals surface area contributed by atoms with E-state index in [-0.39, 0.29) is 0 Å². The Morgan fingerprint density at radius 3 is 2.71 bits per heavy atom. The van der Waals surface area contributed by atoms with Gasteiger partial charge in [-0.15, -0.1) is 6.58 Å². The molecular weight excluding hydrogens is 210 g/mol. The third-order valence-corrected chi connectivity index (χ3v) is 2.53. The lowest BCUT2D eigenvalue weighted by Crippen LogP contribution is -1.77.